The van der Waals surface area contributed by atoms with Crippen LogP contribution in [-0.4, -0.2) is 18.1 Å². The van der Waals surface area contributed by atoms with E-state index in [4.69, 9.17) is 9.40 Å². The minimum absolute atomic E-state index is 0.413. The molecule has 1 saturated heterocycles. The lowest BCUT2D eigenvalue weighted by Crippen LogP contribution is -2.26. The Bertz CT molecular complexity index is 777. The third-order valence-electron chi connectivity index (χ3n) is 4.64. The van der Waals surface area contributed by atoms with Gasteiger partial charge in [0.1, 0.15) is 5.69 Å². The first kappa shape index (κ1) is 15.2. The molecule has 122 valence electrons. The SMILES string of the molecule is C1=CCC=C(c2nc(C3CCNCC3)oc2-c2ccccc2)C=C1. The van der Waals surface area contributed by atoms with Crippen molar-refractivity contribution in [1.82, 2.24) is 10.3 Å². The van der Waals surface area contributed by atoms with Crippen LogP contribution in [0, 0.1) is 0 Å². The number of aromatic nitrogens is 1. The first-order chi connectivity index (χ1) is 11.9. The molecule has 2 aliphatic rings. The fourth-order valence-electron chi connectivity index (χ4n) is 3.32. The molecule has 1 aliphatic heterocycles. The lowest BCUT2D eigenvalue weighted by molar-refractivity contribution is 0.378. The second-order valence-corrected chi connectivity index (χ2v) is 6.30. The Morgan fingerprint density at radius 3 is 2.71 bits per heavy atom. The van der Waals surface area contributed by atoms with E-state index in [-0.39, 0.29) is 0 Å². The molecule has 0 amide bonds. The number of benzene rings is 1. The van der Waals surface area contributed by atoms with E-state index in [2.05, 4.69) is 47.8 Å². The van der Waals surface area contributed by atoms with E-state index < -0.39 is 0 Å². The van der Waals surface area contributed by atoms with Crippen LogP contribution in [0.25, 0.3) is 16.9 Å². The van der Waals surface area contributed by atoms with Crippen molar-refractivity contribution in [2.75, 3.05) is 13.1 Å². The lowest BCUT2D eigenvalue weighted by Gasteiger charge is -2.19. The fraction of sp³-hybridized carbons (Fsp3) is 0.286. The average molecular weight is 318 g/mol. The summed E-state index contributed by atoms with van der Waals surface area (Å²) in [6.07, 6.45) is 13.8. The number of allylic oxidation sites excluding steroid dienone is 6. The van der Waals surface area contributed by atoms with E-state index in [0.29, 0.717) is 5.92 Å². The molecule has 3 heteroatoms. The van der Waals surface area contributed by atoms with Crippen LogP contribution < -0.4 is 5.32 Å². The summed E-state index contributed by atoms with van der Waals surface area (Å²) in [7, 11) is 0. The van der Waals surface area contributed by atoms with Gasteiger partial charge >= 0.3 is 0 Å². The number of hydrogen-bond acceptors (Lipinski definition) is 3. The molecule has 1 aromatic heterocycles. The maximum absolute atomic E-state index is 6.30. The standard InChI is InChI=1S/C21H22N2O/c1-2-5-9-16(8-4-1)19-20(17-10-6-3-7-11-17)24-21(23-19)18-12-14-22-15-13-18/h1-4,6-11,18,22H,5,12-15H2. The van der Waals surface area contributed by atoms with Crippen LogP contribution in [0.15, 0.2) is 65.1 Å². The summed E-state index contributed by atoms with van der Waals surface area (Å²) >= 11 is 0. The lowest BCUT2D eigenvalue weighted by atomic mass is 9.98. The molecule has 1 aromatic carbocycles. The molecular weight excluding hydrogens is 296 g/mol. The first-order valence-electron chi connectivity index (χ1n) is 8.72. The highest BCUT2D eigenvalue weighted by Crippen LogP contribution is 2.35. The quantitative estimate of drug-likeness (QED) is 0.891. The Kier molecular flexibility index (Phi) is 4.43. The molecule has 1 N–H and O–H groups in total. The van der Waals surface area contributed by atoms with Crippen molar-refractivity contribution in [2.24, 2.45) is 0 Å². The van der Waals surface area contributed by atoms with Crippen molar-refractivity contribution in [1.29, 1.82) is 0 Å². The van der Waals surface area contributed by atoms with Gasteiger partial charge in [-0.1, -0.05) is 60.7 Å². The van der Waals surface area contributed by atoms with E-state index in [1.807, 2.05) is 18.2 Å². The molecule has 0 atom stereocenters. The van der Waals surface area contributed by atoms with Gasteiger partial charge in [0.25, 0.3) is 0 Å². The van der Waals surface area contributed by atoms with Crippen molar-refractivity contribution in [2.45, 2.75) is 25.2 Å². The van der Waals surface area contributed by atoms with Gasteiger partial charge in [-0.3, -0.25) is 0 Å². The Balaban J connectivity index is 1.78. The molecule has 4 rings (SSSR count). The zero-order chi connectivity index (χ0) is 16.2. The van der Waals surface area contributed by atoms with Crippen molar-refractivity contribution >= 4 is 5.57 Å². The summed E-state index contributed by atoms with van der Waals surface area (Å²) in [6.45, 7) is 2.07. The molecule has 2 heterocycles. The molecule has 0 saturated carbocycles. The van der Waals surface area contributed by atoms with Gasteiger partial charge in [0.05, 0.1) is 0 Å². The Morgan fingerprint density at radius 2 is 1.88 bits per heavy atom. The van der Waals surface area contributed by atoms with Crippen LogP contribution in [0.5, 0.6) is 0 Å². The van der Waals surface area contributed by atoms with Crippen LogP contribution in [0.2, 0.25) is 0 Å². The molecule has 3 nitrogen and oxygen atoms in total. The van der Waals surface area contributed by atoms with Crippen LogP contribution in [-0.2, 0) is 0 Å². The van der Waals surface area contributed by atoms with E-state index in [9.17, 15) is 0 Å². The average Bonchev–Trinajstić information content (AvgIpc) is 2.92. The monoisotopic (exact) mass is 318 g/mol. The van der Waals surface area contributed by atoms with E-state index in [0.717, 1.165) is 60.8 Å². The van der Waals surface area contributed by atoms with Crippen LogP contribution >= 0.6 is 0 Å². The molecule has 0 spiro atoms. The second-order valence-electron chi connectivity index (χ2n) is 6.30. The molecule has 1 aliphatic carbocycles. The topological polar surface area (TPSA) is 38.1 Å². The highest BCUT2D eigenvalue weighted by Gasteiger charge is 2.24. The number of oxazole rings is 1. The predicted octanol–water partition coefficient (Wildman–Crippen LogP) is 4.71. The number of nitrogens with one attached hydrogen (secondary N) is 1. The van der Waals surface area contributed by atoms with E-state index in [1.165, 1.54) is 0 Å². The number of rotatable bonds is 3. The third-order valence-corrected chi connectivity index (χ3v) is 4.64. The summed E-state index contributed by atoms with van der Waals surface area (Å²) < 4.78 is 6.30. The maximum Gasteiger partial charge on any atom is 0.198 e. The van der Waals surface area contributed by atoms with Crippen molar-refractivity contribution < 1.29 is 4.42 Å². The zero-order valence-corrected chi connectivity index (χ0v) is 13.7. The normalized spacial score (nSPS) is 18.4. The Morgan fingerprint density at radius 1 is 1.04 bits per heavy atom. The van der Waals surface area contributed by atoms with Gasteiger partial charge in [-0.05, 0) is 32.4 Å². The Labute approximate surface area is 142 Å². The number of piperidine rings is 1. The molecule has 0 bridgehead atoms. The zero-order valence-electron chi connectivity index (χ0n) is 13.7. The molecule has 0 unspecified atom stereocenters. The van der Waals surface area contributed by atoms with Gasteiger partial charge in [-0.2, -0.15) is 0 Å². The summed E-state index contributed by atoms with van der Waals surface area (Å²) in [5.41, 5.74) is 3.20. The third kappa shape index (κ3) is 3.13. The second kappa shape index (κ2) is 7.02. The number of nitrogens with zero attached hydrogens (tertiary/aromatic N) is 1. The highest BCUT2D eigenvalue weighted by molar-refractivity contribution is 5.81. The molecule has 1 fully saturated rings. The Hall–Kier alpha value is -2.39. The van der Waals surface area contributed by atoms with Crippen molar-refractivity contribution in [3.05, 3.63) is 72.3 Å². The maximum atomic E-state index is 6.30. The van der Waals surface area contributed by atoms with Crippen molar-refractivity contribution in [3.63, 3.8) is 0 Å². The van der Waals surface area contributed by atoms with E-state index in [1.54, 1.807) is 0 Å². The summed E-state index contributed by atoms with van der Waals surface area (Å²) in [5, 5.41) is 3.41. The summed E-state index contributed by atoms with van der Waals surface area (Å²) in [4.78, 5) is 4.93. The largest absolute Gasteiger partial charge is 0.440 e. The fourth-order valence-corrected chi connectivity index (χ4v) is 3.32. The van der Waals surface area contributed by atoms with Crippen LogP contribution in [0.4, 0.5) is 0 Å². The van der Waals surface area contributed by atoms with E-state index >= 15 is 0 Å². The predicted molar refractivity (Wildman–Crippen MR) is 97.7 cm³/mol. The van der Waals surface area contributed by atoms with Gasteiger partial charge in [0.15, 0.2) is 11.7 Å². The number of hydrogen-bond donors (Lipinski definition) is 1. The smallest absolute Gasteiger partial charge is 0.198 e. The first-order valence-corrected chi connectivity index (χ1v) is 8.72. The molecule has 0 radical (unpaired) electrons. The van der Waals surface area contributed by atoms with Crippen LogP contribution in [0.1, 0.15) is 36.8 Å². The summed E-state index contributed by atoms with van der Waals surface area (Å²) in [6, 6.07) is 10.3. The minimum atomic E-state index is 0.413. The van der Waals surface area contributed by atoms with Gasteiger partial charge in [-0.25, -0.2) is 4.98 Å². The summed E-state index contributed by atoms with van der Waals surface area (Å²) in [5.74, 6) is 2.19. The van der Waals surface area contributed by atoms with Gasteiger partial charge < -0.3 is 9.73 Å². The van der Waals surface area contributed by atoms with Gasteiger partial charge in [0.2, 0.25) is 0 Å². The van der Waals surface area contributed by atoms with Gasteiger partial charge in [0, 0.05) is 17.1 Å². The van der Waals surface area contributed by atoms with Crippen molar-refractivity contribution in [3.8, 4) is 11.3 Å². The minimum Gasteiger partial charge on any atom is -0.440 e. The molecule has 2 aromatic rings. The van der Waals surface area contributed by atoms with Gasteiger partial charge in [-0.15, -0.1) is 0 Å². The highest BCUT2D eigenvalue weighted by atomic mass is 16.4. The molecular formula is C21H22N2O. The van der Waals surface area contributed by atoms with Crippen LogP contribution in [0.3, 0.4) is 0 Å². The molecule has 24 heavy (non-hydrogen) atoms.